The van der Waals surface area contributed by atoms with Gasteiger partial charge < -0.3 is 11.1 Å². The Morgan fingerprint density at radius 2 is 1.70 bits per heavy atom. The number of nitrogens with zero attached hydrogens (tertiary/aromatic N) is 2. The van der Waals surface area contributed by atoms with Gasteiger partial charge in [0.25, 0.3) is 11.5 Å². The molecule has 0 aliphatic heterocycles. The van der Waals surface area contributed by atoms with Crippen molar-refractivity contribution in [1.82, 2.24) is 14.5 Å². The van der Waals surface area contributed by atoms with Crippen molar-refractivity contribution in [3.63, 3.8) is 0 Å². The Morgan fingerprint density at radius 3 is 2.30 bits per heavy atom. The molecule has 1 unspecified atom stereocenters. The lowest BCUT2D eigenvalue weighted by atomic mass is 10.1. The van der Waals surface area contributed by atoms with Crippen molar-refractivity contribution in [2.75, 3.05) is 7.05 Å². The highest BCUT2D eigenvalue weighted by molar-refractivity contribution is 5.93. The lowest BCUT2D eigenvalue weighted by Crippen LogP contribution is -2.45. The maximum absolute atomic E-state index is 14.1. The van der Waals surface area contributed by atoms with E-state index in [-0.39, 0.29) is 17.7 Å². The van der Waals surface area contributed by atoms with Crippen molar-refractivity contribution >= 4 is 5.91 Å². The molecule has 1 atom stereocenters. The second-order valence-corrected chi connectivity index (χ2v) is 6.67. The van der Waals surface area contributed by atoms with Crippen molar-refractivity contribution in [2.45, 2.75) is 19.1 Å². The number of carbonyl (C=O) groups excluding carboxylic acids is 1. The lowest BCUT2D eigenvalue weighted by molar-refractivity contribution is 0.0959. The van der Waals surface area contributed by atoms with Gasteiger partial charge in [-0.2, -0.15) is 0 Å². The Morgan fingerprint density at radius 1 is 1.07 bits per heavy atom. The molecule has 0 saturated heterocycles. The zero-order chi connectivity index (χ0) is 21.8. The Bertz CT molecular complexity index is 1170. The van der Waals surface area contributed by atoms with E-state index in [0.717, 1.165) is 27.5 Å². The second-order valence-electron chi connectivity index (χ2n) is 6.67. The fraction of sp³-hybridized carbons (Fsp3) is 0.190. The van der Waals surface area contributed by atoms with Crippen LogP contribution in [-0.2, 0) is 13.1 Å². The van der Waals surface area contributed by atoms with E-state index in [1.165, 1.54) is 13.1 Å². The highest BCUT2D eigenvalue weighted by atomic mass is 19.1. The van der Waals surface area contributed by atoms with Crippen molar-refractivity contribution in [3.8, 4) is 0 Å². The van der Waals surface area contributed by atoms with Gasteiger partial charge in [-0.1, -0.05) is 36.4 Å². The smallest absolute Gasteiger partial charge is 0.331 e. The van der Waals surface area contributed by atoms with Crippen molar-refractivity contribution < 1.29 is 13.6 Å². The van der Waals surface area contributed by atoms with Gasteiger partial charge in [0.05, 0.1) is 13.1 Å². The largest absolute Gasteiger partial charge is 0.355 e. The molecule has 0 fully saturated rings. The number of nitrogens with two attached hydrogens (primary N) is 1. The molecule has 9 heteroatoms. The van der Waals surface area contributed by atoms with E-state index in [1.54, 1.807) is 30.3 Å². The molecule has 1 amide bonds. The summed E-state index contributed by atoms with van der Waals surface area (Å²) in [7, 11) is 1.33. The first-order valence-electron chi connectivity index (χ1n) is 9.13. The van der Waals surface area contributed by atoms with Crippen LogP contribution in [0.25, 0.3) is 0 Å². The molecule has 3 rings (SSSR count). The highest BCUT2D eigenvalue weighted by Gasteiger charge is 2.20. The van der Waals surface area contributed by atoms with Crippen LogP contribution in [0, 0.1) is 11.6 Å². The van der Waals surface area contributed by atoms with Crippen molar-refractivity contribution in [1.29, 1.82) is 0 Å². The van der Waals surface area contributed by atoms with Crippen molar-refractivity contribution in [3.05, 3.63) is 104 Å². The van der Waals surface area contributed by atoms with Crippen LogP contribution in [0.4, 0.5) is 8.78 Å². The topological polar surface area (TPSA) is 99.1 Å². The van der Waals surface area contributed by atoms with E-state index in [2.05, 4.69) is 5.32 Å². The fourth-order valence-electron chi connectivity index (χ4n) is 3.07. The first-order valence-corrected chi connectivity index (χ1v) is 9.13. The monoisotopic (exact) mass is 414 g/mol. The molecule has 0 aliphatic carbocycles. The average Bonchev–Trinajstić information content (AvgIpc) is 2.75. The number of carbonyl (C=O) groups is 1. The molecular formula is C21H20F2N4O3. The third kappa shape index (κ3) is 4.20. The lowest BCUT2D eigenvalue weighted by Gasteiger charge is -2.17. The van der Waals surface area contributed by atoms with Crippen LogP contribution >= 0.6 is 0 Å². The number of hydrogen-bond donors (Lipinski definition) is 2. The number of nitrogens with one attached hydrogen (secondary N) is 1. The molecule has 2 aromatic carbocycles. The molecule has 156 valence electrons. The van der Waals surface area contributed by atoms with Crippen molar-refractivity contribution in [2.24, 2.45) is 5.73 Å². The van der Waals surface area contributed by atoms with Crippen LogP contribution in [-0.4, -0.2) is 22.1 Å². The van der Waals surface area contributed by atoms with Gasteiger partial charge in [0.2, 0.25) is 0 Å². The summed E-state index contributed by atoms with van der Waals surface area (Å²) in [5, 5.41) is 2.32. The summed E-state index contributed by atoms with van der Waals surface area (Å²) in [5.74, 6) is -2.42. The Hall–Kier alpha value is -3.59. The van der Waals surface area contributed by atoms with Gasteiger partial charge in [-0.25, -0.2) is 13.6 Å². The van der Waals surface area contributed by atoms with Crippen LogP contribution in [0.5, 0.6) is 0 Å². The molecular weight excluding hydrogens is 394 g/mol. The molecule has 0 radical (unpaired) electrons. The molecule has 3 N–H and O–H groups in total. The summed E-state index contributed by atoms with van der Waals surface area (Å²) >= 11 is 0. The molecule has 0 aliphatic rings. The Balaban J connectivity index is 2.12. The minimum absolute atomic E-state index is 0.216. The van der Waals surface area contributed by atoms with E-state index in [1.807, 2.05) is 0 Å². The van der Waals surface area contributed by atoms with E-state index >= 15 is 0 Å². The summed E-state index contributed by atoms with van der Waals surface area (Å²) < 4.78 is 29.9. The highest BCUT2D eigenvalue weighted by Crippen LogP contribution is 2.14. The zero-order valence-electron chi connectivity index (χ0n) is 16.1. The molecule has 30 heavy (non-hydrogen) atoms. The van der Waals surface area contributed by atoms with Crippen LogP contribution in [0.1, 0.15) is 27.5 Å². The molecule has 0 bridgehead atoms. The number of hydrogen-bond acceptors (Lipinski definition) is 4. The summed E-state index contributed by atoms with van der Waals surface area (Å²) in [6.07, 6.45) is 1.000. The maximum atomic E-state index is 14.1. The molecule has 3 aromatic rings. The van der Waals surface area contributed by atoms with E-state index in [9.17, 15) is 23.2 Å². The van der Waals surface area contributed by atoms with Gasteiger partial charge in [0.15, 0.2) is 0 Å². The molecule has 0 spiro atoms. The number of rotatable bonds is 6. The molecule has 0 saturated carbocycles. The van der Waals surface area contributed by atoms with Crippen LogP contribution in [0.3, 0.4) is 0 Å². The van der Waals surface area contributed by atoms with E-state index in [4.69, 9.17) is 5.73 Å². The summed E-state index contributed by atoms with van der Waals surface area (Å²) in [5.41, 5.74) is 4.46. The molecule has 7 nitrogen and oxygen atoms in total. The fourth-order valence-corrected chi connectivity index (χ4v) is 3.07. The van der Waals surface area contributed by atoms with Gasteiger partial charge >= 0.3 is 5.69 Å². The average molecular weight is 414 g/mol. The Labute approximate surface area is 170 Å². The van der Waals surface area contributed by atoms with Gasteiger partial charge in [0.1, 0.15) is 17.2 Å². The Kier molecular flexibility index (Phi) is 6.22. The first-order chi connectivity index (χ1) is 14.3. The predicted molar refractivity (Wildman–Crippen MR) is 107 cm³/mol. The van der Waals surface area contributed by atoms with Gasteiger partial charge in [-0.15, -0.1) is 0 Å². The third-order valence-electron chi connectivity index (χ3n) is 4.71. The zero-order valence-corrected chi connectivity index (χ0v) is 16.1. The molecule has 1 aromatic heterocycles. The normalized spacial score (nSPS) is 11.9. The maximum Gasteiger partial charge on any atom is 0.331 e. The van der Waals surface area contributed by atoms with Crippen LogP contribution < -0.4 is 22.3 Å². The van der Waals surface area contributed by atoms with Crippen LogP contribution in [0.15, 0.2) is 64.3 Å². The number of aromatic nitrogens is 2. The summed E-state index contributed by atoms with van der Waals surface area (Å²) in [4.78, 5) is 37.9. The van der Waals surface area contributed by atoms with E-state index in [0.29, 0.717) is 5.56 Å². The SMILES string of the molecule is CNC(=O)c1cn(Cc2c(F)cccc2F)c(=O)n(CC(N)c2ccccc2)c1=O. The van der Waals surface area contributed by atoms with E-state index < -0.39 is 41.4 Å². The summed E-state index contributed by atoms with van der Waals surface area (Å²) in [6, 6.07) is 11.4. The summed E-state index contributed by atoms with van der Waals surface area (Å²) in [6.45, 7) is -0.714. The van der Waals surface area contributed by atoms with Gasteiger partial charge in [-0.05, 0) is 17.7 Å². The molecule has 1 heterocycles. The quantitative estimate of drug-likeness (QED) is 0.637. The minimum Gasteiger partial charge on any atom is -0.355 e. The third-order valence-corrected chi connectivity index (χ3v) is 4.71. The number of halogens is 2. The standard InChI is InChI=1S/C21H20F2N4O3/c1-25-19(28)15-11-26(10-14-16(22)8-5-9-17(14)23)21(30)27(20(15)29)12-18(24)13-6-3-2-4-7-13/h2-9,11,18H,10,12,24H2,1H3,(H,25,28). The first kappa shape index (κ1) is 21.1. The number of amides is 1. The second kappa shape index (κ2) is 8.83. The van der Waals surface area contributed by atoms with Gasteiger partial charge in [0, 0.05) is 24.8 Å². The number of benzene rings is 2. The minimum atomic E-state index is -0.845. The van der Waals surface area contributed by atoms with Crippen LogP contribution in [0.2, 0.25) is 0 Å². The predicted octanol–water partition coefficient (Wildman–Crippen LogP) is 1.40. The van der Waals surface area contributed by atoms with Gasteiger partial charge in [-0.3, -0.25) is 18.7 Å².